The third-order valence-corrected chi connectivity index (χ3v) is 6.37. The van der Waals surface area contributed by atoms with E-state index < -0.39 is 11.9 Å². The number of allylic oxidation sites excluding steroid dienone is 3. The number of phenols is 1. The van der Waals surface area contributed by atoms with E-state index in [0.29, 0.717) is 60.6 Å². The van der Waals surface area contributed by atoms with Crippen molar-refractivity contribution in [1.82, 2.24) is 5.32 Å². The Morgan fingerprint density at radius 2 is 1.85 bits per heavy atom. The summed E-state index contributed by atoms with van der Waals surface area (Å²) in [4.78, 5) is 26.8. The summed E-state index contributed by atoms with van der Waals surface area (Å²) in [5, 5.41) is 13.6. The zero-order valence-electron chi connectivity index (χ0n) is 19.9. The molecule has 6 nitrogen and oxygen atoms in total. The summed E-state index contributed by atoms with van der Waals surface area (Å²) in [7, 11) is 0. The molecule has 2 aromatic rings. The van der Waals surface area contributed by atoms with Crippen LogP contribution < -0.4 is 10.1 Å². The fourth-order valence-electron chi connectivity index (χ4n) is 4.86. The van der Waals surface area contributed by atoms with Crippen LogP contribution >= 0.6 is 0 Å². The predicted molar refractivity (Wildman–Crippen MR) is 130 cm³/mol. The molecule has 4 rings (SSSR count). The molecule has 1 heterocycles. The number of Topliss-reactive ketones (excluding diaryl/α,β-unsaturated/α-hetero) is 1. The topological polar surface area (TPSA) is 84.9 Å². The van der Waals surface area contributed by atoms with Gasteiger partial charge in [0.15, 0.2) is 17.3 Å². The Kier molecular flexibility index (Phi) is 7.06. The normalized spacial score (nSPS) is 20.0. The monoisotopic (exact) mass is 461 g/mol. The molecule has 1 aliphatic heterocycles. The molecule has 6 heteroatoms. The van der Waals surface area contributed by atoms with E-state index in [1.165, 1.54) is 0 Å². The van der Waals surface area contributed by atoms with Gasteiger partial charge in [0.25, 0.3) is 0 Å². The Balaban J connectivity index is 1.81. The molecule has 0 saturated heterocycles. The number of carbonyl (C=O) groups excluding carboxylic acids is 2. The van der Waals surface area contributed by atoms with Crippen LogP contribution in [-0.2, 0) is 14.3 Å². The largest absolute Gasteiger partial charge is 0.504 e. The molecule has 34 heavy (non-hydrogen) atoms. The minimum Gasteiger partial charge on any atom is -0.504 e. The Morgan fingerprint density at radius 1 is 1.09 bits per heavy atom. The van der Waals surface area contributed by atoms with Crippen molar-refractivity contribution in [1.29, 1.82) is 0 Å². The highest BCUT2D eigenvalue weighted by Gasteiger charge is 2.41. The summed E-state index contributed by atoms with van der Waals surface area (Å²) >= 11 is 0. The third-order valence-electron chi connectivity index (χ3n) is 6.37. The number of esters is 1. The average Bonchev–Trinajstić information content (AvgIpc) is 2.83. The Labute approximate surface area is 200 Å². The fraction of sp³-hybridized carbons (Fsp3) is 0.357. The molecule has 2 N–H and O–H groups in total. The zero-order chi connectivity index (χ0) is 24.2. The van der Waals surface area contributed by atoms with Crippen molar-refractivity contribution in [2.45, 2.75) is 51.9 Å². The van der Waals surface area contributed by atoms with Gasteiger partial charge in [-0.05, 0) is 55.9 Å². The van der Waals surface area contributed by atoms with Crippen molar-refractivity contribution in [3.63, 3.8) is 0 Å². The molecule has 1 aliphatic carbocycles. The highest BCUT2D eigenvalue weighted by Crippen LogP contribution is 2.46. The molecule has 2 aromatic carbocycles. The molecular formula is C28H31NO5. The van der Waals surface area contributed by atoms with Crippen molar-refractivity contribution >= 4 is 11.8 Å². The Bertz CT molecular complexity index is 1150. The maximum absolute atomic E-state index is 13.6. The standard InChI is InChI=1S/C28H31NO5/c1-4-13-34-28(32)25-17(3)29-21-14-20(18-9-7-6-8-10-18)15-23(31)27(21)26(25)19-11-12-22(30)24(16-19)33-5-2/h6-12,16,20,26,29-30H,4-5,13-15H2,1-3H3/t20-,26-/m1/s1. The van der Waals surface area contributed by atoms with Crippen molar-refractivity contribution in [2.24, 2.45) is 0 Å². The van der Waals surface area contributed by atoms with Crippen LogP contribution in [-0.4, -0.2) is 30.1 Å². The highest BCUT2D eigenvalue weighted by molar-refractivity contribution is 6.04. The van der Waals surface area contributed by atoms with Gasteiger partial charge in [-0.25, -0.2) is 4.79 Å². The first-order chi connectivity index (χ1) is 16.4. The smallest absolute Gasteiger partial charge is 0.336 e. The van der Waals surface area contributed by atoms with E-state index in [-0.39, 0.29) is 17.5 Å². The SMILES string of the molecule is CCCOC(=O)C1=C(C)NC2=C(C(=O)C[C@H](c3ccccc3)C2)[C@@H]1c1ccc(O)c(OCC)c1. The summed E-state index contributed by atoms with van der Waals surface area (Å²) in [5.74, 6) is -0.613. The minimum absolute atomic E-state index is 0.00642. The van der Waals surface area contributed by atoms with Crippen LogP contribution in [0.2, 0.25) is 0 Å². The lowest BCUT2D eigenvalue weighted by Gasteiger charge is -2.36. The van der Waals surface area contributed by atoms with Gasteiger partial charge in [-0.15, -0.1) is 0 Å². The van der Waals surface area contributed by atoms with Crippen molar-refractivity contribution < 1.29 is 24.2 Å². The first-order valence-corrected chi connectivity index (χ1v) is 11.9. The molecule has 0 spiro atoms. The fourth-order valence-corrected chi connectivity index (χ4v) is 4.86. The number of hydrogen-bond acceptors (Lipinski definition) is 6. The third kappa shape index (κ3) is 4.58. The van der Waals surface area contributed by atoms with E-state index in [1.54, 1.807) is 18.2 Å². The second-order valence-electron chi connectivity index (χ2n) is 8.72. The summed E-state index contributed by atoms with van der Waals surface area (Å²) in [6.45, 7) is 6.31. The maximum atomic E-state index is 13.6. The van der Waals surface area contributed by atoms with Crippen molar-refractivity contribution in [2.75, 3.05) is 13.2 Å². The first-order valence-electron chi connectivity index (χ1n) is 11.9. The molecule has 178 valence electrons. The van der Waals surface area contributed by atoms with Crippen molar-refractivity contribution in [3.8, 4) is 11.5 Å². The summed E-state index contributed by atoms with van der Waals surface area (Å²) in [6.07, 6.45) is 1.75. The van der Waals surface area contributed by atoms with E-state index in [2.05, 4.69) is 5.32 Å². The van der Waals surface area contributed by atoms with E-state index in [9.17, 15) is 14.7 Å². The number of ether oxygens (including phenoxy) is 2. The molecule has 0 bridgehead atoms. The van der Waals surface area contributed by atoms with Gasteiger partial charge >= 0.3 is 5.97 Å². The molecule has 0 aromatic heterocycles. The van der Waals surface area contributed by atoms with Gasteiger partial charge in [-0.2, -0.15) is 0 Å². The predicted octanol–water partition coefficient (Wildman–Crippen LogP) is 5.11. The molecular weight excluding hydrogens is 430 g/mol. The molecule has 2 aliphatic rings. The quantitative estimate of drug-likeness (QED) is 0.558. The van der Waals surface area contributed by atoms with E-state index in [1.807, 2.05) is 51.1 Å². The lowest BCUT2D eigenvalue weighted by molar-refractivity contribution is -0.139. The van der Waals surface area contributed by atoms with Crippen LogP contribution in [0.5, 0.6) is 11.5 Å². The number of aromatic hydroxyl groups is 1. The van der Waals surface area contributed by atoms with Gasteiger partial charge in [-0.3, -0.25) is 4.79 Å². The number of hydrogen-bond donors (Lipinski definition) is 2. The van der Waals surface area contributed by atoms with Crippen LogP contribution in [0.1, 0.15) is 63.0 Å². The van der Waals surface area contributed by atoms with Crippen LogP contribution in [0, 0.1) is 0 Å². The average molecular weight is 462 g/mol. The van der Waals surface area contributed by atoms with Gasteiger partial charge < -0.3 is 19.9 Å². The minimum atomic E-state index is -0.593. The van der Waals surface area contributed by atoms with Gasteiger partial charge in [0.05, 0.1) is 18.8 Å². The lowest BCUT2D eigenvalue weighted by Crippen LogP contribution is -2.36. The van der Waals surface area contributed by atoms with Crippen LogP contribution in [0.15, 0.2) is 71.1 Å². The van der Waals surface area contributed by atoms with Gasteiger partial charge in [0.2, 0.25) is 0 Å². The molecule has 0 saturated carbocycles. The van der Waals surface area contributed by atoms with E-state index >= 15 is 0 Å². The molecule has 0 amide bonds. The summed E-state index contributed by atoms with van der Waals surface area (Å²) < 4.78 is 11.1. The summed E-state index contributed by atoms with van der Waals surface area (Å²) in [6, 6.07) is 15.1. The van der Waals surface area contributed by atoms with Crippen LogP contribution in [0.25, 0.3) is 0 Å². The van der Waals surface area contributed by atoms with Crippen LogP contribution in [0.4, 0.5) is 0 Å². The molecule has 0 radical (unpaired) electrons. The van der Waals surface area contributed by atoms with Gasteiger partial charge in [-0.1, -0.05) is 43.3 Å². The Hall–Kier alpha value is -3.54. The van der Waals surface area contributed by atoms with Gasteiger partial charge in [0, 0.05) is 29.3 Å². The number of rotatable bonds is 7. The number of nitrogens with one attached hydrogen (secondary N) is 1. The summed E-state index contributed by atoms with van der Waals surface area (Å²) in [5.41, 5.74) is 4.37. The number of benzene rings is 2. The molecule has 2 atom stereocenters. The van der Waals surface area contributed by atoms with E-state index in [0.717, 1.165) is 11.3 Å². The first kappa shape index (κ1) is 23.6. The second kappa shape index (κ2) is 10.2. The maximum Gasteiger partial charge on any atom is 0.336 e. The highest BCUT2D eigenvalue weighted by atomic mass is 16.5. The zero-order valence-corrected chi connectivity index (χ0v) is 19.9. The van der Waals surface area contributed by atoms with Crippen LogP contribution in [0.3, 0.4) is 0 Å². The number of ketones is 1. The second-order valence-corrected chi connectivity index (χ2v) is 8.72. The number of carbonyl (C=O) groups is 2. The van der Waals surface area contributed by atoms with Crippen molar-refractivity contribution in [3.05, 3.63) is 82.2 Å². The molecule has 0 unspecified atom stereocenters. The Morgan fingerprint density at radius 3 is 2.56 bits per heavy atom. The lowest BCUT2D eigenvalue weighted by atomic mass is 9.71. The number of phenolic OH excluding ortho intramolecular Hbond substituents is 1. The van der Waals surface area contributed by atoms with Gasteiger partial charge in [0.1, 0.15) is 0 Å². The number of dihydropyridines is 1. The van der Waals surface area contributed by atoms with E-state index in [4.69, 9.17) is 9.47 Å². The molecule has 0 fully saturated rings.